The van der Waals surface area contributed by atoms with Gasteiger partial charge in [0.1, 0.15) is 12.2 Å². The minimum absolute atomic E-state index is 0.0240. The molecular weight excluding hydrogens is 1110 g/mol. The summed E-state index contributed by atoms with van der Waals surface area (Å²) in [6, 6.07) is 0. The quantitative estimate of drug-likeness (QED) is 0.0389. The van der Waals surface area contributed by atoms with Crippen molar-refractivity contribution >= 4 is 24.2 Å². The number of hydrogen-bond donors (Lipinski definition) is 3. The normalized spacial score (nSPS) is 15.6. The Kier molecular flexibility index (Phi) is 52.4. The Morgan fingerprint density at radius 1 is 0.349 bits per heavy atom. The standard InChI is InChI=1S/C67H139O13P3/c1-13-25-37-64(38-26-14-2,39-27-15-3)57-73-49-50-81-56-63(54-76-60-67(46-34-22-10,47-35-23-11)48-36-24-12)80-83(71,72)78-55-62(53-75-59-66(43-31-19-7,44-32-20-8)45-33-21-9)79-82(69,70)77-52-61(68)51-74-58-65(40-28-16-4,41-29-17-5)42-30-18-6/h61-63,68,81H,13-60H2,1-12H3,(H,69,70)(H,71,72). The van der Waals surface area contributed by atoms with Gasteiger partial charge in [0.25, 0.3) is 0 Å². The van der Waals surface area contributed by atoms with E-state index in [0.717, 1.165) is 186 Å². The van der Waals surface area contributed by atoms with E-state index in [1.54, 1.807) is 0 Å². The molecule has 0 aliphatic heterocycles. The van der Waals surface area contributed by atoms with E-state index in [1.165, 1.54) is 57.8 Å². The van der Waals surface area contributed by atoms with Gasteiger partial charge in [-0.2, -0.15) is 0 Å². The first-order valence-corrected chi connectivity index (χ1v) is 39.3. The molecule has 13 nitrogen and oxygen atoms in total. The van der Waals surface area contributed by atoms with Gasteiger partial charge in [0.05, 0.1) is 72.2 Å². The zero-order valence-corrected chi connectivity index (χ0v) is 59.3. The first kappa shape index (κ1) is 83.5. The van der Waals surface area contributed by atoms with Gasteiger partial charge in [0, 0.05) is 0 Å². The highest BCUT2D eigenvalue weighted by atomic mass is 31.2. The molecule has 500 valence electrons. The topological polar surface area (TPSA) is 169 Å². The molecule has 0 aliphatic rings. The number of hydrogen-bond acceptors (Lipinski definition) is 11. The molecule has 3 N–H and O–H groups in total. The number of phosphoric ester groups is 2. The van der Waals surface area contributed by atoms with E-state index in [0.29, 0.717) is 41.2 Å². The molecule has 0 saturated carbocycles. The summed E-state index contributed by atoms with van der Waals surface area (Å²) in [6.07, 6.45) is 37.8. The smallest absolute Gasteiger partial charge is 0.388 e. The number of phosphoric acid groups is 2. The molecule has 0 radical (unpaired) electrons. The maximum atomic E-state index is 14.3. The Bertz CT molecular complexity index is 1450. The SMILES string of the molecule is CCCCC(CCCC)(CCCC)COCCPCC(COCC(CCCC)(CCCC)CCCC)OP(=O)(O)OCC(COCC(CCCC)(CCCC)CCCC)OP(=O)(O)OCC(O)COCC(CCCC)(CCCC)CCCC. The van der Waals surface area contributed by atoms with E-state index in [1.807, 2.05) is 0 Å². The molecule has 0 amide bonds. The molecule has 0 aromatic heterocycles. The van der Waals surface area contributed by atoms with Crippen molar-refractivity contribution < 1.29 is 61.1 Å². The average Bonchev–Trinajstić information content (AvgIpc) is 3.49. The molecule has 0 rings (SSSR count). The molecule has 0 aliphatic carbocycles. The van der Waals surface area contributed by atoms with Crippen LogP contribution < -0.4 is 0 Å². The first-order chi connectivity index (χ1) is 39.9. The van der Waals surface area contributed by atoms with Crippen LogP contribution in [0.5, 0.6) is 0 Å². The molecule has 0 saturated heterocycles. The van der Waals surface area contributed by atoms with Gasteiger partial charge >= 0.3 is 15.6 Å². The van der Waals surface area contributed by atoms with Crippen molar-refractivity contribution in [3.63, 3.8) is 0 Å². The van der Waals surface area contributed by atoms with Crippen LogP contribution in [0.1, 0.15) is 314 Å². The lowest BCUT2D eigenvalue weighted by molar-refractivity contribution is -0.0507. The van der Waals surface area contributed by atoms with E-state index in [4.69, 9.17) is 37.0 Å². The van der Waals surface area contributed by atoms with Crippen LogP contribution in [0.25, 0.3) is 0 Å². The van der Waals surface area contributed by atoms with Crippen LogP contribution in [0, 0.1) is 21.7 Å². The Morgan fingerprint density at radius 3 is 0.904 bits per heavy atom. The van der Waals surface area contributed by atoms with Gasteiger partial charge < -0.3 is 33.8 Å². The molecule has 0 fully saturated rings. The fourth-order valence-corrected chi connectivity index (χ4v) is 15.0. The van der Waals surface area contributed by atoms with E-state index in [9.17, 15) is 24.0 Å². The Morgan fingerprint density at radius 2 is 0.602 bits per heavy atom. The molecule has 6 unspecified atom stereocenters. The van der Waals surface area contributed by atoms with Crippen LogP contribution in [0.15, 0.2) is 0 Å². The lowest BCUT2D eigenvalue weighted by atomic mass is 9.75. The van der Waals surface area contributed by atoms with E-state index in [-0.39, 0.29) is 41.5 Å². The second-order valence-electron chi connectivity index (χ2n) is 25.7. The van der Waals surface area contributed by atoms with E-state index in [2.05, 4.69) is 83.1 Å². The molecule has 0 bridgehead atoms. The minimum Gasteiger partial charge on any atom is -0.388 e. The van der Waals surface area contributed by atoms with Crippen LogP contribution in [-0.4, -0.2) is 112 Å². The van der Waals surface area contributed by atoms with Crippen molar-refractivity contribution in [2.45, 2.75) is 333 Å². The van der Waals surface area contributed by atoms with Crippen LogP contribution in [-0.2, 0) is 46.2 Å². The van der Waals surface area contributed by atoms with Crippen molar-refractivity contribution in [1.82, 2.24) is 0 Å². The van der Waals surface area contributed by atoms with Crippen LogP contribution in [0.3, 0.4) is 0 Å². The monoisotopic (exact) mass is 1240 g/mol. The molecule has 83 heavy (non-hydrogen) atoms. The second kappa shape index (κ2) is 52.1. The summed E-state index contributed by atoms with van der Waals surface area (Å²) >= 11 is 0. The Labute approximate surface area is 515 Å². The van der Waals surface area contributed by atoms with E-state index < -0.39 is 47.2 Å². The first-order valence-electron chi connectivity index (χ1n) is 34.9. The predicted molar refractivity (Wildman–Crippen MR) is 353 cm³/mol. The van der Waals surface area contributed by atoms with Crippen LogP contribution >= 0.6 is 24.2 Å². The lowest BCUT2D eigenvalue weighted by Crippen LogP contribution is -2.32. The van der Waals surface area contributed by atoms with Crippen molar-refractivity contribution in [1.29, 1.82) is 0 Å². The largest absolute Gasteiger partial charge is 0.472 e. The number of aliphatic hydroxyl groups excluding tert-OH is 1. The van der Waals surface area contributed by atoms with Crippen molar-refractivity contribution in [2.75, 3.05) is 78.4 Å². The van der Waals surface area contributed by atoms with Crippen LogP contribution in [0.4, 0.5) is 0 Å². The van der Waals surface area contributed by atoms with Gasteiger partial charge in [-0.05, 0) is 111 Å². The summed E-state index contributed by atoms with van der Waals surface area (Å²) in [5.41, 5.74) is 0.168. The zero-order valence-electron chi connectivity index (χ0n) is 56.5. The molecule has 0 heterocycles. The highest BCUT2D eigenvalue weighted by molar-refractivity contribution is 7.47. The van der Waals surface area contributed by atoms with Crippen molar-refractivity contribution in [2.24, 2.45) is 21.7 Å². The van der Waals surface area contributed by atoms with Gasteiger partial charge in [-0.1, -0.05) is 237 Å². The Balaban J connectivity index is 6.74. The van der Waals surface area contributed by atoms with Gasteiger partial charge in [-0.15, -0.1) is 8.58 Å². The minimum atomic E-state index is -4.88. The fraction of sp³-hybridized carbons (Fsp3) is 1.00. The molecule has 0 spiro atoms. The summed E-state index contributed by atoms with van der Waals surface area (Å²) < 4.78 is 77.0. The summed E-state index contributed by atoms with van der Waals surface area (Å²) in [7, 11) is -9.31. The molecule has 0 aromatic rings. The summed E-state index contributed by atoms with van der Waals surface area (Å²) in [5.74, 6) is 0. The maximum Gasteiger partial charge on any atom is 0.472 e. The molecule has 16 heteroatoms. The molecule has 0 aromatic carbocycles. The number of unbranched alkanes of at least 4 members (excludes halogenated alkanes) is 12. The van der Waals surface area contributed by atoms with Crippen molar-refractivity contribution in [3.8, 4) is 0 Å². The second-order valence-corrected chi connectivity index (χ2v) is 29.9. The van der Waals surface area contributed by atoms with Gasteiger partial charge in [-0.25, -0.2) is 9.13 Å². The number of aliphatic hydroxyl groups is 1. The van der Waals surface area contributed by atoms with Gasteiger partial charge in [-0.3, -0.25) is 18.1 Å². The molecular formula is C67H139O13P3. The maximum absolute atomic E-state index is 14.3. The van der Waals surface area contributed by atoms with Crippen LogP contribution in [0.2, 0.25) is 0 Å². The highest BCUT2D eigenvalue weighted by Crippen LogP contribution is 2.49. The third-order valence-electron chi connectivity index (χ3n) is 17.5. The number of rotatable bonds is 65. The van der Waals surface area contributed by atoms with Gasteiger partial charge in [0.2, 0.25) is 0 Å². The summed E-state index contributed by atoms with van der Waals surface area (Å²) in [6.45, 7) is 28.3. The van der Waals surface area contributed by atoms with Crippen molar-refractivity contribution in [3.05, 3.63) is 0 Å². The Hall–Kier alpha value is 0.450. The summed E-state index contributed by atoms with van der Waals surface area (Å²) in [4.78, 5) is 22.9. The third kappa shape index (κ3) is 41.5. The zero-order chi connectivity index (χ0) is 62.0. The predicted octanol–water partition coefficient (Wildman–Crippen LogP) is 20.3. The number of ether oxygens (including phenoxy) is 4. The summed E-state index contributed by atoms with van der Waals surface area (Å²) in [5, 5.41) is 11.1. The van der Waals surface area contributed by atoms with Gasteiger partial charge in [0.15, 0.2) is 0 Å². The third-order valence-corrected chi connectivity index (χ3v) is 20.9. The molecule has 6 atom stereocenters. The van der Waals surface area contributed by atoms with E-state index >= 15 is 0 Å². The highest BCUT2D eigenvalue weighted by Gasteiger charge is 2.37. The average molecular weight is 1250 g/mol. The fourth-order valence-electron chi connectivity index (χ4n) is 12.0. The lowest BCUT2D eigenvalue weighted by Gasteiger charge is -2.35.